The van der Waals surface area contributed by atoms with Crippen LogP contribution in [0.5, 0.6) is 0 Å². The highest BCUT2D eigenvalue weighted by Crippen LogP contribution is 2.30. The van der Waals surface area contributed by atoms with E-state index < -0.39 is 75.8 Å². The molecule has 2 saturated heterocycles. The number of nitrogens with zero attached hydrogens (tertiary/aromatic N) is 3. The van der Waals surface area contributed by atoms with Crippen LogP contribution in [0.4, 0.5) is 8.78 Å². The number of likely N-dealkylation sites (tertiary alicyclic amines) is 2. The Bertz CT molecular complexity index is 1920. The van der Waals surface area contributed by atoms with Crippen LogP contribution in [0.2, 0.25) is 0 Å². The second-order valence-electron chi connectivity index (χ2n) is 15.8. The second-order valence-corrected chi connectivity index (χ2v) is 17.8. The molecule has 5 atom stereocenters. The fraction of sp³-hybridized carbons (Fsp3) is 0.524. The minimum absolute atomic E-state index is 0.0324. The summed E-state index contributed by atoms with van der Waals surface area (Å²) >= 11 is 0. The molecule has 2 aliphatic carbocycles. The van der Waals surface area contributed by atoms with Crippen molar-refractivity contribution in [3.8, 4) is 0 Å². The molecule has 1 aromatic rings. The third kappa shape index (κ3) is 12.8. The van der Waals surface area contributed by atoms with Crippen molar-refractivity contribution in [1.82, 2.24) is 19.8 Å². The highest BCUT2D eigenvalue weighted by Gasteiger charge is 2.42. The fourth-order valence-corrected chi connectivity index (χ4v) is 8.07. The number of carbonyl (C=O) groups is 5. The number of hydrogen-bond donors (Lipinski definition) is 3. The maximum atomic E-state index is 13.3. The molecule has 0 spiro atoms. The molecule has 5 aliphatic rings. The molecule has 0 bridgehead atoms. The quantitative estimate of drug-likeness (QED) is 0.263. The molecule has 316 valence electrons. The van der Waals surface area contributed by atoms with E-state index >= 15 is 0 Å². The highest BCUT2D eigenvalue weighted by molar-refractivity contribution is 7.90. The van der Waals surface area contributed by atoms with Crippen molar-refractivity contribution in [1.29, 1.82) is 0 Å². The molecular weight excluding hydrogens is 771 g/mol. The SMILES string of the molecule is C=CC(C)C(NC(=O)[C@@H]1CCCN1C(=O)CCC(=O)N1CCC(F)(F)C1)C(=O)NS(=O)(=O)C1CC1.CC(C)C.NC(=O)C1=CC(c2ccccc2)=NC2C=CC=CC12. The average molecular weight is 827 g/mol. The standard InChI is InChI=1S/C22H32F2N4O6S.C16H14N2O.C4H10/c1-3-14(2)19(21(32)26-35(33,34)15-6-7-15)25-20(31)16-5-4-11-28(16)18(30)9-8-17(29)27-12-10-22(23,24)13-27;17-16(19)13-10-15(11-6-2-1-3-7-11)18-14-9-5-4-8-12(13)14;1-4(2)3/h3,14-16,19H,1,4-13H2,2H3,(H,25,31)(H,26,32);1-10,12,14H,(H2,17,19);4H,1-3H3/t14?,16-,19?;;/m0../s1. The smallest absolute Gasteiger partial charge is 0.267 e. The van der Waals surface area contributed by atoms with E-state index in [1.807, 2.05) is 65.4 Å². The predicted molar refractivity (Wildman–Crippen MR) is 218 cm³/mol. The number of amides is 5. The number of carbonyl (C=O) groups excluding carboxylic acids is 5. The number of alkyl halides is 2. The van der Waals surface area contributed by atoms with Crippen molar-refractivity contribution >= 4 is 45.3 Å². The molecule has 6 rings (SSSR count). The summed E-state index contributed by atoms with van der Waals surface area (Å²) in [5, 5.41) is 1.94. The number of primary amides is 1. The van der Waals surface area contributed by atoms with Crippen LogP contribution in [0.1, 0.15) is 78.2 Å². The van der Waals surface area contributed by atoms with E-state index in [2.05, 4.69) is 32.7 Å². The van der Waals surface area contributed by atoms with E-state index in [1.54, 1.807) is 6.92 Å². The number of rotatable bonds is 12. The van der Waals surface area contributed by atoms with E-state index in [9.17, 15) is 41.2 Å². The van der Waals surface area contributed by atoms with Crippen molar-refractivity contribution in [2.45, 2.75) is 102 Å². The summed E-state index contributed by atoms with van der Waals surface area (Å²) in [6.45, 7) is 11.3. The predicted octanol–water partition coefficient (Wildman–Crippen LogP) is 4.21. The molecule has 16 heteroatoms. The van der Waals surface area contributed by atoms with Crippen molar-refractivity contribution < 1.29 is 41.2 Å². The fourth-order valence-electron chi connectivity index (χ4n) is 6.74. The summed E-state index contributed by atoms with van der Waals surface area (Å²) in [7, 11) is -3.81. The first kappa shape index (κ1) is 45.7. The molecule has 4 unspecified atom stereocenters. The van der Waals surface area contributed by atoms with Crippen LogP contribution in [-0.2, 0) is 34.0 Å². The van der Waals surface area contributed by atoms with Gasteiger partial charge in [-0.1, -0.05) is 88.4 Å². The summed E-state index contributed by atoms with van der Waals surface area (Å²) in [5.41, 5.74) is 7.94. The van der Waals surface area contributed by atoms with Crippen LogP contribution in [0.15, 0.2) is 83.9 Å². The lowest BCUT2D eigenvalue weighted by Crippen LogP contribution is -2.56. The minimum Gasteiger partial charge on any atom is -0.366 e. The van der Waals surface area contributed by atoms with Gasteiger partial charge in [-0.15, -0.1) is 6.58 Å². The lowest BCUT2D eigenvalue weighted by molar-refractivity contribution is -0.141. The maximum Gasteiger partial charge on any atom is 0.267 e. The molecule has 58 heavy (non-hydrogen) atoms. The first-order chi connectivity index (χ1) is 27.3. The van der Waals surface area contributed by atoms with Gasteiger partial charge < -0.3 is 20.9 Å². The number of benzene rings is 1. The number of fused-ring (bicyclic) bond motifs is 1. The summed E-state index contributed by atoms with van der Waals surface area (Å²) in [4.78, 5) is 69.3. The number of halogens is 2. The van der Waals surface area contributed by atoms with Crippen LogP contribution in [0.3, 0.4) is 0 Å². The number of nitrogens with two attached hydrogens (primary N) is 1. The molecule has 0 radical (unpaired) electrons. The van der Waals surface area contributed by atoms with Crippen LogP contribution in [0, 0.1) is 17.8 Å². The number of sulfonamides is 1. The molecule has 0 aromatic heterocycles. The number of dihydropyridines is 1. The monoisotopic (exact) mass is 826 g/mol. The van der Waals surface area contributed by atoms with Gasteiger partial charge in [0.25, 0.3) is 11.8 Å². The van der Waals surface area contributed by atoms with Gasteiger partial charge in [-0.05, 0) is 43.2 Å². The van der Waals surface area contributed by atoms with Gasteiger partial charge in [-0.3, -0.25) is 33.7 Å². The van der Waals surface area contributed by atoms with Crippen LogP contribution in [0.25, 0.3) is 0 Å². The Hall–Kier alpha value is -4.99. The number of allylic oxidation sites excluding steroid dienone is 3. The molecule has 3 heterocycles. The minimum atomic E-state index is -3.81. The van der Waals surface area contributed by atoms with Crippen LogP contribution < -0.4 is 15.8 Å². The molecule has 3 aliphatic heterocycles. The van der Waals surface area contributed by atoms with Gasteiger partial charge in [-0.25, -0.2) is 17.2 Å². The van der Waals surface area contributed by atoms with Gasteiger partial charge in [0.05, 0.1) is 23.5 Å². The van der Waals surface area contributed by atoms with E-state index in [0.29, 0.717) is 31.3 Å². The van der Waals surface area contributed by atoms with E-state index in [0.717, 1.165) is 22.1 Å². The summed E-state index contributed by atoms with van der Waals surface area (Å²) in [6.07, 6.45) is 12.0. The van der Waals surface area contributed by atoms with Gasteiger partial charge >= 0.3 is 0 Å². The molecule has 1 saturated carbocycles. The number of hydrogen-bond acceptors (Lipinski definition) is 8. The zero-order chi connectivity index (χ0) is 42.8. The van der Waals surface area contributed by atoms with Crippen molar-refractivity contribution in [2.24, 2.45) is 28.5 Å². The van der Waals surface area contributed by atoms with Gasteiger partial charge in [0.2, 0.25) is 33.7 Å². The average Bonchev–Trinajstić information content (AvgIpc) is 3.83. The first-order valence-electron chi connectivity index (χ1n) is 19.8. The summed E-state index contributed by atoms with van der Waals surface area (Å²) in [6, 6.07) is 7.71. The molecule has 1 aromatic carbocycles. The van der Waals surface area contributed by atoms with Crippen molar-refractivity contribution in [2.75, 3.05) is 19.6 Å². The molecule has 5 amide bonds. The van der Waals surface area contributed by atoms with Gasteiger partial charge in [-0.2, -0.15) is 0 Å². The number of nitrogens with one attached hydrogen (secondary N) is 2. The lowest BCUT2D eigenvalue weighted by atomic mass is 9.84. The van der Waals surface area contributed by atoms with E-state index in [1.165, 1.54) is 11.0 Å². The zero-order valence-electron chi connectivity index (χ0n) is 33.6. The van der Waals surface area contributed by atoms with Gasteiger partial charge in [0, 0.05) is 49.8 Å². The highest BCUT2D eigenvalue weighted by atomic mass is 32.2. The zero-order valence-corrected chi connectivity index (χ0v) is 34.4. The van der Waals surface area contributed by atoms with E-state index in [4.69, 9.17) is 10.7 Å². The van der Waals surface area contributed by atoms with Crippen LogP contribution >= 0.6 is 0 Å². The normalized spacial score (nSPS) is 22.8. The Kier molecular flexibility index (Phi) is 15.9. The van der Waals surface area contributed by atoms with E-state index in [-0.39, 0.29) is 43.8 Å². The second kappa shape index (κ2) is 20.1. The Morgan fingerprint density at radius 2 is 1.62 bits per heavy atom. The largest absolute Gasteiger partial charge is 0.366 e. The summed E-state index contributed by atoms with van der Waals surface area (Å²) in [5.74, 6) is -5.56. The lowest BCUT2D eigenvalue weighted by Gasteiger charge is -2.28. The topological polar surface area (TPSA) is 188 Å². The Morgan fingerprint density at radius 1 is 0.983 bits per heavy atom. The number of aliphatic imine (C=N–C) groups is 1. The Morgan fingerprint density at radius 3 is 2.21 bits per heavy atom. The maximum absolute atomic E-state index is 13.3. The third-order valence-electron chi connectivity index (χ3n) is 10.0. The first-order valence-corrected chi connectivity index (χ1v) is 21.3. The van der Waals surface area contributed by atoms with Gasteiger partial charge in [0.1, 0.15) is 12.1 Å². The molecular formula is C42H56F2N6O7S. The van der Waals surface area contributed by atoms with Crippen molar-refractivity contribution in [3.63, 3.8) is 0 Å². The van der Waals surface area contributed by atoms with Gasteiger partial charge in [0.15, 0.2) is 0 Å². The molecule has 13 nitrogen and oxygen atoms in total. The van der Waals surface area contributed by atoms with Crippen molar-refractivity contribution in [3.05, 3.63) is 84.5 Å². The third-order valence-corrected chi connectivity index (χ3v) is 11.9. The Labute approximate surface area is 340 Å². The Balaban J connectivity index is 0.000000269. The van der Waals surface area contributed by atoms with Crippen LogP contribution in [-0.4, -0.2) is 102 Å². The molecule has 3 fully saturated rings. The summed E-state index contributed by atoms with van der Waals surface area (Å²) < 4.78 is 53.0. The molecule has 4 N–H and O–H groups in total.